The van der Waals surface area contributed by atoms with Gasteiger partial charge in [-0.3, -0.25) is 9.78 Å². The lowest BCUT2D eigenvalue weighted by Gasteiger charge is -2.05. The van der Waals surface area contributed by atoms with Crippen LogP contribution in [0.3, 0.4) is 0 Å². The zero-order chi connectivity index (χ0) is 19.2. The van der Waals surface area contributed by atoms with Crippen LogP contribution < -0.4 is 5.56 Å². The molecular weight excluding hydrogens is 368 g/mol. The average Bonchev–Trinajstić information content (AvgIpc) is 3.18. The van der Waals surface area contributed by atoms with Gasteiger partial charge in [-0.15, -0.1) is 0 Å². The molecule has 0 unspecified atom stereocenters. The highest BCUT2D eigenvalue weighted by Gasteiger charge is 2.41. The Bertz CT molecular complexity index is 1030. The van der Waals surface area contributed by atoms with E-state index in [1.54, 1.807) is 6.07 Å². The molecule has 0 amide bonds. The van der Waals surface area contributed by atoms with E-state index in [1.807, 2.05) is 0 Å². The number of hydrogen-bond acceptors (Lipinski definition) is 5. The summed E-state index contributed by atoms with van der Waals surface area (Å²) in [5.41, 5.74) is 0.759. The van der Waals surface area contributed by atoms with E-state index < -0.39 is 23.4 Å². The minimum absolute atomic E-state index is 0.0639. The Labute approximate surface area is 149 Å². The fourth-order valence-electron chi connectivity index (χ4n) is 3.08. The molecular formula is C17H12F4N4O2. The van der Waals surface area contributed by atoms with Crippen LogP contribution in [-0.4, -0.2) is 20.1 Å². The van der Waals surface area contributed by atoms with Crippen molar-refractivity contribution in [2.45, 2.75) is 24.9 Å². The van der Waals surface area contributed by atoms with Crippen LogP contribution in [0.25, 0.3) is 11.4 Å². The molecule has 0 aromatic carbocycles. The Morgan fingerprint density at radius 2 is 2.07 bits per heavy atom. The summed E-state index contributed by atoms with van der Waals surface area (Å²) in [6, 6.07) is 4.34. The lowest BCUT2D eigenvalue weighted by molar-refractivity contribution is -0.159. The van der Waals surface area contributed by atoms with Crippen molar-refractivity contribution in [3.05, 3.63) is 63.9 Å². The van der Waals surface area contributed by atoms with Crippen molar-refractivity contribution in [2.24, 2.45) is 5.92 Å². The molecule has 27 heavy (non-hydrogen) atoms. The molecule has 2 atom stereocenters. The molecule has 3 heterocycles. The summed E-state index contributed by atoms with van der Waals surface area (Å²) in [6.07, 6.45) is -1.26. The van der Waals surface area contributed by atoms with Gasteiger partial charge in [0.2, 0.25) is 5.82 Å². The number of alkyl halides is 3. The van der Waals surface area contributed by atoms with Crippen molar-refractivity contribution in [3.8, 4) is 11.4 Å². The maximum absolute atomic E-state index is 13.0. The van der Waals surface area contributed by atoms with Crippen LogP contribution in [0.1, 0.15) is 29.5 Å². The summed E-state index contributed by atoms with van der Waals surface area (Å²) < 4.78 is 55.3. The second-order valence-electron chi connectivity index (χ2n) is 6.33. The number of aromatic amines is 1. The Morgan fingerprint density at radius 3 is 2.74 bits per heavy atom. The first-order valence-corrected chi connectivity index (χ1v) is 8.06. The van der Waals surface area contributed by atoms with E-state index in [0.717, 1.165) is 12.6 Å². The molecule has 0 saturated heterocycles. The number of H-pyrrole nitrogens is 1. The van der Waals surface area contributed by atoms with Crippen LogP contribution in [0.2, 0.25) is 0 Å². The molecule has 0 radical (unpaired) electrons. The first-order chi connectivity index (χ1) is 12.8. The number of aromatic nitrogens is 4. The third-order valence-electron chi connectivity index (χ3n) is 4.49. The van der Waals surface area contributed by atoms with Crippen LogP contribution >= 0.6 is 0 Å². The number of halogens is 4. The summed E-state index contributed by atoms with van der Waals surface area (Å²) in [6.45, 7) is 0. The van der Waals surface area contributed by atoms with Crippen LogP contribution in [-0.2, 0) is 12.6 Å². The second kappa shape index (κ2) is 6.29. The van der Waals surface area contributed by atoms with E-state index in [4.69, 9.17) is 0 Å². The Morgan fingerprint density at radius 1 is 1.26 bits per heavy atom. The molecule has 0 aliphatic heterocycles. The van der Waals surface area contributed by atoms with Gasteiger partial charge in [0.25, 0.3) is 5.56 Å². The number of rotatable bonds is 4. The van der Waals surface area contributed by atoms with Gasteiger partial charge in [0, 0.05) is 28.9 Å². The normalized spacial score (nSPS) is 19.3. The summed E-state index contributed by atoms with van der Waals surface area (Å²) in [5.74, 6) is -2.06. The van der Waals surface area contributed by atoms with Crippen LogP contribution in [0.5, 0.6) is 0 Å². The minimum Gasteiger partial charge on any atom is -0.329 e. The SMILES string of the molecule is O=c1[nH]ccc(-c2noc(C(F)(F)F)n2)c1C[C@@H]1C[C@H]1c1ccc(F)cn1. The van der Waals surface area contributed by atoms with Crippen molar-refractivity contribution >= 4 is 0 Å². The molecule has 0 spiro atoms. The molecule has 3 aromatic heterocycles. The maximum atomic E-state index is 13.0. The van der Waals surface area contributed by atoms with E-state index in [2.05, 4.69) is 24.6 Å². The van der Waals surface area contributed by atoms with Crippen LogP contribution in [0.4, 0.5) is 17.6 Å². The van der Waals surface area contributed by atoms with Crippen molar-refractivity contribution in [2.75, 3.05) is 0 Å². The fourth-order valence-corrected chi connectivity index (χ4v) is 3.08. The van der Waals surface area contributed by atoms with Crippen LogP contribution in [0.15, 0.2) is 39.9 Å². The van der Waals surface area contributed by atoms with E-state index in [9.17, 15) is 22.4 Å². The Kier molecular flexibility index (Phi) is 4.05. The quantitative estimate of drug-likeness (QED) is 0.702. The Balaban J connectivity index is 1.60. The van der Waals surface area contributed by atoms with Crippen molar-refractivity contribution in [1.82, 2.24) is 20.1 Å². The third kappa shape index (κ3) is 3.46. The molecule has 1 aliphatic carbocycles. The number of pyridine rings is 2. The molecule has 1 aliphatic rings. The van der Waals surface area contributed by atoms with Crippen molar-refractivity contribution in [3.63, 3.8) is 0 Å². The largest absolute Gasteiger partial charge is 0.471 e. The fraction of sp³-hybridized carbons (Fsp3) is 0.294. The number of hydrogen-bond donors (Lipinski definition) is 1. The van der Waals surface area contributed by atoms with E-state index in [1.165, 1.54) is 18.3 Å². The van der Waals surface area contributed by atoms with Crippen molar-refractivity contribution in [1.29, 1.82) is 0 Å². The lowest BCUT2D eigenvalue weighted by atomic mass is 10.0. The molecule has 6 nitrogen and oxygen atoms in total. The molecule has 4 rings (SSSR count). The highest BCUT2D eigenvalue weighted by Crippen LogP contribution is 2.48. The highest BCUT2D eigenvalue weighted by atomic mass is 19.4. The van der Waals surface area contributed by atoms with Crippen molar-refractivity contribution < 1.29 is 22.1 Å². The summed E-state index contributed by atoms with van der Waals surface area (Å²) in [4.78, 5) is 22.2. The van der Waals surface area contributed by atoms with E-state index >= 15 is 0 Å². The second-order valence-corrected chi connectivity index (χ2v) is 6.33. The predicted molar refractivity (Wildman–Crippen MR) is 84.1 cm³/mol. The first kappa shape index (κ1) is 17.4. The molecule has 1 fully saturated rings. The molecule has 140 valence electrons. The smallest absolute Gasteiger partial charge is 0.329 e. The molecule has 1 N–H and O–H groups in total. The summed E-state index contributed by atoms with van der Waals surface area (Å²) >= 11 is 0. The molecule has 0 bridgehead atoms. The Hall–Kier alpha value is -3.04. The van der Waals surface area contributed by atoms with Gasteiger partial charge in [0.1, 0.15) is 5.82 Å². The topological polar surface area (TPSA) is 84.7 Å². The predicted octanol–water partition coefficient (Wildman–Crippen LogP) is 3.32. The minimum atomic E-state index is -4.76. The van der Waals surface area contributed by atoms with Gasteiger partial charge in [-0.25, -0.2) is 4.39 Å². The highest BCUT2D eigenvalue weighted by molar-refractivity contribution is 5.59. The van der Waals surface area contributed by atoms with Gasteiger partial charge in [0.15, 0.2) is 0 Å². The van der Waals surface area contributed by atoms with Gasteiger partial charge in [-0.05, 0) is 37.0 Å². The van der Waals surface area contributed by atoms with Crippen LogP contribution in [0, 0.1) is 11.7 Å². The lowest BCUT2D eigenvalue weighted by Crippen LogP contribution is -2.15. The maximum Gasteiger partial charge on any atom is 0.471 e. The van der Waals surface area contributed by atoms with Gasteiger partial charge < -0.3 is 9.51 Å². The average molecular weight is 380 g/mol. The van der Waals surface area contributed by atoms with Gasteiger partial charge in [0.05, 0.1) is 6.20 Å². The monoisotopic (exact) mass is 380 g/mol. The molecule has 1 saturated carbocycles. The third-order valence-corrected chi connectivity index (χ3v) is 4.49. The zero-order valence-corrected chi connectivity index (χ0v) is 13.6. The van der Waals surface area contributed by atoms with Gasteiger partial charge in [-0.1, -0.05) is 5.16 Å². The molecule has 3 aromatic rings. The summed E-state index contributed by atoms with van der Waals surface area (Å²) in [5, 5.41) is 3.36. The van der Waals surface area contributed by atoms with Gasteiger partial charge >= 0.3 is 12.1 Å². The number of nitrogens with zero attached hydrogens (tertiary/aromatic N) is 3. The first-order valence-electron chi connectivity index (χ1n) is 8.06. The van der Waals surface area contributed by atoms with Gasteiger partial charge in [-0.2, -0.15) is 18.2 Å². The zero-order valence-electron chi connectivity index (χ0n) is 13.6. The molecule has 10 heteroatoms. The number of nitrogens with one attached hydrogen (secondary N) is 1. The van der Waals surface area contributed by atoms with E-state index in [0.29, 0.717) is 12.1 Å². The van der Waals surface area contributed by atoms with E-state index in [-0.39, 0.29) is 28.8 Å². The standard InChI is InChI=1S/C17H12F4N4O2/c18-9-1-2-13(23-7-9)11-5-8(11)6-12-10(3-4-22-15(12)26)14-24-16(27-25-14)17(19,20)21/h1-4,7-8,11H,5-6H2,(H,22,26)/t8-,11+/m0/s1. The summed E-state index contributed by atoms with van der Waals surface area (Å²) in [7, 11) is 0.